The number of ether oxygens (including phenoxy) is 2. The fourth-order valence-corrected chi connectivity index (χ4v) is 2.02. The molecule has 0 bridgehead atoms. The Kier molecular flexibility index (Phi) is 4.27. The predicted octanol–water partition coefficient (Wildman–Crippen LogP) is 1.23. The molecule has 0 heterocycles. The summed E-state index contributed by atoms with van der Waals surface area (Å²) in [5.41, 5.74) is 6.26. The maximum Gasteiger partial charge on any atom is 0.239 e. The molecule has 0 spiro atoms. The molecule has 1 unspecified atom stereocenters. The first-order valence-corrected chi connectivity index (χ1v) is 6.40. The van der Waals surface area contributed by atoms with E-state index in [1.807, 2.05) is 6.07 Å². The Morgan fingerprint density at radius 1 is 1.37 bits per heavy atom. The number of rotatable bonds is 7. The van der Waals surface area contributed by atoms with Crippen LogP contribution in [0.15, 0.2) is 18.2 Å². The van der Waals surface area contributed by atoms with Gasteiger partial charge in [0.1, 0.15) is 6.04 Å². The summed E-state index contributed by atoms with van der Waals surface area (Å²) >= 11 is 0. The van der Waals surface area contributed by atoms with Crippen LogP contribution in [0.1, 0.15) is 24.4 Å². The van der Waals surface area contributed by atoms with E-state index in [0.717, 1.165) is 12.1 Å². The highest BCUT2D eigenvalue weighted by atomic mass is 16.5. The molecule has 19 heavy (non-hydrogen) atoms. The molecule has 0 aromatic heterocycles. The lowest BCUT2D eigenvalue weighted by Crippen LogP contribution is -2.34. The van der Waals surface area contributed by atoms with Crippen molar-refractivity contribution < 1.29 is 14.3 Å². The number of carbonyl (C=O) groups excluding carboxylic acids is 1. The molecule has 0 saturated heterocycles. The quantitative estimate of drug-likeness (QED) is 0.777. The smallest absolute Gasteiger partial charge is 0.239 e. The Hall–Kier alpha value is -1.75. The van der Waals surface area contributed by atoms with E-state index in [9.17, 15) is 4.79 Å². The Bertz CT molecular complexity index is 458. The van der Waals surface area contributed by atoms with Crippen LogP contribution in [-0.4, -0.2) is 26.7 Å². The number of amides is 1. The van der Waals surface area contributed by atoms with Gasteiger partial charge in [0.05, 0.1) is 14.2 Å². The van der Waals surface area contributed by atoms with Crippen LogP contribution < -0.4 is 20.5 Å². The van der Waals surface area contributed by atoms with Gasteiger partial charge in [0.2, 0.25) is 5.91 Å². The van der Waals surface area contributed by atoms with Crippen molar-refractivity contribution in [2.24, 2.45) is 11.7 Å². The van der Waals surface area contributed by atoms with E-state index in [1.54, 1.807) is 26.4 Å². The molecule has 1 atom stereocenters. The van der Waals surface area contributed by atoms with Crippen LogP contribution in [0.5, 0.6) is 11.5 Å². The van der Waals surface area contributed by atoms with E-state index in [1.165, 1.54) is 12.8 Å². The SMILES string of the molecule is COc1ccc(C(NCC2CC2)C(N)=O)cc1OC. The highest BCUT2D eigenvalue weighted by molar-refractivity contribution is 5.81. The van der Waals surface area contributed by atoms with Crippen molar-refractivity contribution in [3.8, 4) is 11.5 Å². The van der Waals surface area contributed by atoms with Crippen molar-refractivity contribution in [3.05, 3.63) is 23.8 Å². The summed E-state index contributed by atoms with van der Waals surface area (Å²) in [5.74, 6) is 1.53. The number of nitrogens with two attached hydrogens (primary N) is 1. The van der Waals surface area contributed by atoms with E-state index in [2.05, 4.69) is 5.32 Å². The fourth-order valence-electron chi connectivity index (χ4n) is 2.02. The third-order valence-electron chi connectivity index (χ3n) is 3.33. The van der Waals surface area contributed by atoms with Crippen molar-refractivity contribution in [2.75, 3.05) is 20.8 Å². The number of primary amides is 1. The van der Waals surface area contributed by atoms with E-state index >= 15 is 0 Å². The largest absolute Gasteiger partial charge is 0.493 e. The lowest BCUT2D eigenvalue weighted by atomic mass is 10.1. The van der Waals surface area contributed by atoms with Crippen LogP contribution in [0.2, 0.25) is 0 Å². The average molecular weight is 264 g/mol. The third-order valence-corrected chi connectivity index (χ3v) is 3.33. The predicted molar refractivity (Wildman–Crippen MR) is 72.2 cm³/mol. The molecule has 1 fully saturated rings. The first-order chi connectivity index (χ1) is 9.15. The standard InChI is InChI=1S/C14H20N2O3/c1-18-11-6-5-10(7-12(11)19-2)13(14(15)17)16-8-9-3-4-9/h5-7,9,13,16H,3-4,8H2,1-2H3,(H2,15,17). The lowest BCUT2D eigenvalue weighted by Gasteiger charge is -2.17. The second-order valence-corrected chi connectivity index (χ2v) is 4.80. The molecule has 2 rings (SSSR count). The number of nitrogens with one attached hydrogen (secondary N) is 1. The van der Waals surface area contributed by atoms with Gasteiger partial charge in [-0.2, -0.15) is 0 Å². The summed E-state index contributed by atoms with van der Waals surface area (Å²) in [6.45, 7) is 0.821. The molecule has 1 amide bonds. The molecule has 1 saturated carbocycles. The lowest BCUT2D eigenvalue weighted by molar-refractivity contribution is -0.120. The van der Waals surface area contributed by atoms with Gasteiger partial charge in [0, 0.05) is 0 Å². The summed E-state index contributed by atoms with van der Waals surface area (Å²) < 4.78 is 10.4. The van der Waals surface area contributed by atoms with E-state index in [4.69, 9.17) is 15.2 Å². The summed E-state index contributed by atoms with van der Waals surface area (Å²) in [5, 5.41) is 3.22. The molecule has 5 nitrogen and oxygen atoms in total. The Balaban J connectivity index is 2.17. The van der Waals surface area contributed by atoms with E-state index in [-0.39, 0.29) is 5.91 Å². The zero-order chi connectivity index (χ0) is 13.8. The van der Waals surface area contributed by atoms with Crippen LogP contribution in [-0.2, 0) is 4.79 Å². The summed E-state index contributed by atoms with van der Waals surface area (Å²) in [6.07, 6.45) is 2.45. The van der Waals surface area contributed by atoms with Crippen molar-refractivity contribution in [1.82, 2.24) is 5.32 Å². The molecule has 1 aromatic carbocycles. The van der Waals surface area contributed by atoms with Gasteiger partial charge < -0.3 is 20.5 Å². The molecule has 104 valence electrons. The third kappa shape index (κ3) is 3.38. The van der Waals surface area contributed by atoms with Crippen molar-refractivity contribution in [3.63, 3.8) is 0 Å². The molecule has 0 aliphatic heterocycles. The monoisotopic (exact) mass is 264 g/mol. The topological polar surface area (TPSA) is 73.6 Å². The zero-order valence-corrected chi connectivity index (χ0v) is 11.3. The van der Waals surface area contributed by atoms with Crippen LogP contribution in [0.4, 0.5) is 0 Å². The molecule has 1 aliphatic rings. The minimum Gasteiger partial charge on any atom is -0.493 e. The van der Waals surface area contributed by atoms with Crippen LogP contribution in [0, 0.1) is 5.92 Å². The molecule has 1 aliphatic carbocycles. The molecule has 3 N–H and O–H groups in total. The van der Waals surface area contributed by atoms with Crippen molar-refractivity contribution in [2.45, 2.75) is 18.9 Å². The highest BCUT2D eigenvalue weighted by Crippen LogP contribution is 2.31. The average Bonchev–Trinajstić information content (AvgIpc) is 3.22. The van der Waals surface area contributed by atoms with Gasteiger partial charge in [-0.25, -0.2) is 0 Å². The van der Waals surface area contributed by atoms with Crippen molar-refractivity contribution >= 4 is 5.91 Å². The van der Waals surface area contributed by atoms with Gasteiger partial charge in [-0.3, -0.25) is 4.79 Å². The molecular weight excluding hydrogens is 244 g/mol. The minimum atomic E-state index is -0.486. The van der Waals surface area contributed by atoms with Gasteiger partial charge in [-0.15, -0.1) is 0 Å². The first kappa shape index (κ1) is 13.7. The van der Waals surface area contributed by atoms with Gasteiger partial charge in [-0.05, 0) is 43.0 Å². The summed E-state index contributed by atoms with van der Waals surface area (Å²) in [4.78, 5) is 11.6. The molecular formula is C14H20N2O3. The zero-order valence-electron chi connectivity index (χ0n) is 11.3. The number of carbonyl (C=O) groups is 1. The Morgan fingerprint density at radius 3 is 2.58 bits per heavy atom. The number of hydrogen-bond donors (Lipinski definition) is 2. The van der Waals surface area contributed by atoms with Crippen LogP contribution >= 0.6 is 0 Å². The summed E-state index contributed by atoms with van der Waals surface area (Å²) in [7, 11) is 3.15. The fraction of sp³-hybridized carbons (Fsp3) is 0.500. The highest BCUT2D eigenvalue weighted by Gasteiger charge is 2.25. The molecule has 0 radical (unpaired) electrons. The first-order valence-electron chi connectivity index (χ1n) is 6.40. The number of benzene rings is 1. The maximum absolute atomic E-state index is 11.6. The van der Waals surface area contributed by atoms with Gasteiger partial charge in [0.15, 0.2) is 11.5 Å². The van der Waals surface area contributed by atoms with Gasteiger partial charge in [0.25, 0.3) is 0 Å². The second kappa shape index (κ2) is 5.93. The van der Waals surface area contributed by atoms with Crippen molar-refractivity contribution in [1.29, 1.82) is 0 Å². The Morgan fingerprint density at radius 2 is 2.05 bits per heavy atom. The van der Waals surface area contributed by atoms with E-state index < -0.39 is 6.04 Å². The van der Waals surface area contributed by atoms with E-state index in [0.29, 0.717) is 17.4 Å². The van der Waals surface area contributed by atoms with Crippen LogP contribution in [0.3, 0.4) is 0 Å². The number of methoxy groups -OCH3 is 2. The maximum atomic E-state index is 11.6. The van der Waals surface area contributed by atoms with Crippen LogP contribution in [0.25, 0.3) is 0 Å². The normalized spacial score (nSPS) is 15.9. The number of hydrogen-bond acceptors (Lipinski definition) is 4. The minimum absolute atomic E-state index is 0.382. The summed E-state index contributed by atoms with van der Waals surface area (Å²) in [6, 6.07) is 4.91. The second-order valence-electron chi connectivity index (χ2n) is 4.80. The van der Waals surface area contributed by atoms with Gasteiger partial charge >= 0.3 is 0 Å². The molecule has 1 aromatic rings. The van der Waals surface area contributed by atoms with Gasteiger partial charge in [-0.1, -0.05) is 6.07 Å². The Labute approximate surface area is 113 Å². The molecule has 5 heteroatoms.